The maximum Gasteiger partial charge on any atom is 0.323 e. The molecule has 5 nitrogen and oxygen atoms in total. The third kappa shape index (κ3) is 2.66. The van der Waals surface area contributed by atoms with Gasteiger partial charge in [0.25, 0.3) is 0 Å². The van der Waals surface area contributed by atoms with Crippen LogP contribution in [0, 0.1) is 5.82 Å². The Labute approximate surface area is 103 Å². The monoisotopic (exact) mass is 255 g/mol. The molecule has 1 heterocycles. The minimum atomic E-state index is -1.13. The molecule has 3 N–H and O–H groups in total. The molecule has 98 valence electrons. The van der Waals surface area contributed by atoms with Crippen LogP contribution < -0.4 is 5.32 Å². The molecule has 3 atom stereocenters. The summed E-state index contributed by atoms with van der Waals surface area (Å²) in [4.78, 5) is 10.7. The average Bonchev–Trinajstić information content (AvgIpc) is 2.70. The largest absolute Gasteiger partial charge is 0.480 e. The van der Waals surface area contributed by atoms with E-state index in [1.165, 1.54) is 6.07 Å². The number of hydrogen-bond acceptors (Lipinski definition) is 4. The summed E-state index contributed by atoms with van der Waals surface area (Å²) in [6.45, 7) is 0.231. The maximum absolute atomic E-state index is 13.3. The number of aliphatic carboxylic acids is 1. The van der Waals surface area contributed by atoms with Crippen molar-refractivity contribution in [3.63, 3.8) is 0 Å². The Morgan fingerprint density at radius 2 is 2.22 bits per heavy atom. The van der Waals surface area contributed by atoms with Crippen LogP contribution >= 0.6 is 0 Å². The van der Waals surface area contributed by atoms with Gasteiger partial charge in [-0.1, -0.05) is 18.2 Å². The highest BCUT2D eigenvalue weighted by atomic mass is 19.1. The lowest BCUT2D eigenvalue weighted by Gasteiger charge is -2.16. The van der Waals surface area contributed by atoms with Crippen LogP contribution in [-0.2, 0) is 16.1 Å². The zero-order valence-corrected chi connectivity index (χ0v) is 9.54. The van der Waals surface area contributed by atoms with E-state index in [1.807, 2.05) is 0 Å². The molecule has 0 unspecified atom stereocenters. The summed E-state index contributed by atoms with van der Waals surface area (Å²) in [5.41, 5.74) is 0.378. The fraction of sp³-hybridized carbons (Fsp3) is 0.417. The number of rotatable bonds is 4. The standard InChI is InChI=1S/C12H14FNO4/c13-8-4-2-1-3-7(8)6-18-9-5-14-10(11(9)15)12(16)17/h1-4,9-11,14-15H,5-6H2,(H,16,17)/t9-,10-,11+/m0/s1. The highest BCUT2D eigenvalue weighted by molar-refractivity contribution is 5.74. The van der Waals surface area contributed by atoms with E-state index >= 15 is 0 Å². The quantitative estimate of drug-likeness (QED) is 0.712. The van der Waals surface area contributed by atoms with E-state index in [0.29, 0.717) is 5.56 Å². The molecule has 6 heteroatoms. The first-order valence-corrected chi connectivity index (χ1v) is 5.59. The Morgan fingerprint density at radius 3 is 2.83 bits per heavy atom. The number of carboxylic acids is 1. The van der Waals surface area contributed by atoms with E-state index in [2.05, 4.69) is 5.32 Å². The molecule has 0 aromatic heterocycles. The number of aliphatic hydroxyl groups excluding tert-OH is 1. The predicted molar refractivity (Wildman–Crippen MR) is 60.4 cm³/mol. The summed E-state index contributed by atoms with van der Waals surface area (Å²) in [5.74, 6) is -1.51. The topological polar surface area (TPSA) is 78.8 Å². The van der Waals surface area contributed by atoms with Gasteiger partial charge in [-0.05, 0) is 6.07 Å². The second-order valence-corrected chi connectivity index (χ2v) is 4.16. The molecule has 0 saturated carbocycles. The van der Waals surface area contributed by atoms with Gasteiger partial charge in [0.15, 0.2) is 0 Å². The van der Waals surface area contributed by atoms with Crippen LogP contribution in [0.5, 0.6) is 0 Å². The number of ether oxygens (including phenoxy) is 1. The van der Waals surface area contributed by atoms with Crippen LogP contribution in [0.2, 0.25) is 0 Å². The van der Waals surface area contributed by atoms with Gasteiger partial charge in [0.2, 0.25) is 0 Å². The zero-order valence-electron chi connectivity index (χ0n) is 9.54. The number of aliphatic hydroxyl groups is 1. The number of nitrogens with one attached hydrogen (secondary N) is 1. The van der Waals surface area contributed by atoms with Crippen LogP contribution in [0.15, 0.2) is 24.3 Å². The molecule has 0 amide bonds. The third-order valence-corrected chi connectivity index (χ3v) is 2.94. The van der Waals surface area contributed by atoms with Gasteiger partial charge in [-0.25, -0.2) is 4.39 Å². The van der Waals surface area contributed by atoms with Crippen molar-refractivity contribution in [3.8, 4) is 0 Å². The molecular weight excluding hydrogens is 241 g/mol. The lowest BCUT2D eigenvalue weighted by molar-refractivity contribution is -0.142. The van der Waals surface area contributed by atoms with Crippen molar-refractivity contribution in [1.29, 1.82) is 0 Å². The zero-order chi connectivity index (χ0) is 13.1. The van der Waals surface area contributed by atoms with Gasteiger partial charge >= 0.3 is 5.97 Å². The fourth-order valence-electron chi connectivity index (χ4n) is 1.90. The third-order valence-electron chi connectivity index (χ3n) is 2.94. The Kier molecular flexibility index (Phi) is 3.90. The van der Waals surface area contributed by atoms with Crippen LogP contribution in [0.1, 0.15) is 5.56 Å². The number of hydrogen-bond donors (Lipinski definition) is 3. The molecule has 1 aromatic carbocycles. The van der Waals surface area contributed by atoms with Crippen LogP contribution in [0.4, 0.5) is 4.39 Å². The van der Waals surface area contributed by atoms with Crippen molar-refractivity contribution in [2.75, 3.05) is 6.54 Å². The van der Waals surface area contributed by atoms with E-state index in [9.17, 15) is 14.3 Å². The number of halogens is 1. The molecule has 0 spiro atoms. The summed E-state index contributed by atoms with van der Waals surface area (Å²) in [6.07, 6.45) is -1.78. The summed E-state index contributed by atoms with van der Waals surface area (Å²) >= 11 is 0. The van der Waals surface area contributed by atoms with Crippen molar-refractivity contribution < 1.29 is 24.1 Å². The van der Waals surface area contributed by atoms with Gasteiger partial charge in [0.05, 0.1) is 12.7 Å². The first kappa shape index (κ1) is 12.9. The van der Waals surface area contributed by atoms with Crippen LogP contribution in [0.3, 0.4) is 0 Å². The van der Waals surface area contributed by atoms with E-state index in [-0.39, 0.29) is 19.0 Å². The molecule has 1 fully saturated rings. The van der Waals surface area contributed by atoms with E-state index in [1.54, 1.807) is 18.2 Å². The highest BCUT2D eigenvalue weighted by Crippen LogP contribution is 2.15. The van der Waals surface area contributed by atoms with Crippen molar-refractivity contribution >= 4 is 5.97 Å². The second-order valence-electron chi connectivity index (χ2n) is 4.16. The van der Waals surface area contributed by atoms with Gasteiger partial charge in [-0.15, -0.1) is 0 Å². The molecule has 0 aliphatic carbocycles. The molecule has 0 bridgehead atoms. The van der Waals surface area contributed by atoms with E-state index < -0.39 is 24.2 Å². The van der Waals surface area contributed by atoms with E-state index in [4.69, 9.17) is 9.84 Å². The summed E-state index contributed by atoms with van der Waals surface area (Å²) in [7, 11) is 0. The van der Waals surface area contributed by atoms with Crippen molar-refractivity contribution in [1.82, 2.24) is 5.32 Å². The molecule has 0 radical (unpaired) electrons. The summed E-state index contributed by atoms with van der Waals surface area (Å²) < 4.78 is 18.7. The highest BCUT2D eigenvalue weighted by Gasteiger charge is 2.39. The van der Waals surface area contributed by atoms with Gasteiger partial charge in [-0.2, -0.15) is 0 Å². The first-order valence-electron chi connectivity index (χ1n) is 5.59. The number of carboxylic acid groups (broad SMARTS) is 1. The van der Waals surface area contributed by atoms with Gasteiger partial charge in [0, 0.05) is 12.1 Å². The molecule has 2 rings (SSSR count). The van der Waals surface area contributed by atoms with Crippen molar-refractivity contribution in [2.24, 2.45) is 0 Å². The predicted octanol–water partition coefficient (Wildman–Crippen LogP) is 0.128. The average molecular weight is 255 g/mol. The lowest BCUT2D eigenvalue weighted by Crippen LogP contribution is -2.40. The van der Waals surface area contributed by atoms with Gasteiger partial charge in [0.1, 0.15) is 18.0 Å². The Balaban J connectivity index is 1.92. The molecule has 1 aliphatic rings. The van der Waals surface area contributed by atoms with Gasteiger partial charge < -0.3 is 14.9 Å². The molecule has 1 aromatic rings. The smallest absolute Gasteiger partial charge is 0.323 e. The van der Waals surface area contributed by atoms with Crippen molar-refractivity contribution in [3.05, 3.63) is 35.6 Å². The molecular formula is C12H14FNO4. The van der Waals surface area contributed by atoms with Crippen LogP contribution in [0.25, 0.3) is 0 Å². The second kappa shape index (κ2) is 5.43. The fourth-order valence-corrected chi connectivity index (χ4v) is 1.90. The number of carbonyl (C=O) groups is 1. The molecule has 1 saturated heterocycles. The van der Waals surface area contributed by atoms with Crippen LogP contribution in [-0.4, -0.2) is 41.0 Å². The Morgan fingerprint density at radius 1 is 1.50 bits per heavy atom. The summed E-state index contributed by atoms with van der Waals surface area (Å²) in [5, 5.41) is 21.1. The molecule has 18 heavy (non-hydrogen) atoms. The van der Waals surface area contributed by atoms with E-state index in [0.717, 1.165) is 0 Å². The van der Waals surface area contributed by atoms with Gasteiger partial charge in [-0.3, -0.25) is 10.1 Å². The van der Waals surface area contributed by atoms with Crippen molar-refractivity contribution in [2.45, 2.75) is 24.9 Å². The summed E-state index contributed by atoms with van der Waals surface area (Å²) in [6, 6.07) is 5.13. The Bertz CT molecular complexity index is 440. The lowest BCUT2D eigenvalue weighted by atomic mass is 10.1. The Hall–Kier alpha value is -1.50. The molecule has 1 aliphatic heterocycles. The SMILES string of the molecule is O=C(O)[C@H]1NC[C@H](OCc2ccccc2F)[C@H]1O. The first-order chi connectivity index (χ1) is 8.59. The normalized spacial score (nSPS) is 27.3. The maximum atomic E-state index is 13.3. The minimum absolute atomic E-state index is 0.00240. The minimum Gasteiger partial charge on any atom is -0.480 e. The number of benzene rings is 1.